The van der Waals surface area contributed by atoms with Crippen LogP contribution < -0.4 is 10.1 Å². The van der Waals surface area contributed by atoms with Crippen molar-refractivity contribution in [3.63, 3.8) is 0 Å². The lowest BCUT2D eigenvalue weighted by Crippen LogP contribution is -2.45. The molecule has 2 atom stereocenters. The molecule has 0 bridgehead atoms. The minimum absolute atomic E-state index is 0.431. The molecule has 150 valence electrons. The maximum atomic E-state index is 12.9. The minimum Gasteiger partial charge on any atom is -0.497 e. The molecular weight excluding hydrogens is 434 g/mol. The molecule has 0 aliphatic rings. The largest absolute Gasteiger partial charge is 0.497 e. The number of methoxy groups -OCH3 is 2. The topological polar surface area (TPSA) is 67.8 Å². The second-order valence-corrected chi connectivity index (χ2v) is 7.40. The molecule has 0 saturated carbocycles. The first kappa shape index (κ1) is 20.9. The molecule has 0 aliphatic heterocycles. The van der Waals surface area contributed by atoms with E-state index in [0.29, 0.717) is 11.3 Å². The normalized spacial score (nSPS) is 13.8. The zero-order valence-corrected chi connectivity index (χ0v) is 17.7. The number of rotatable bonds is 7. The summed E-state index contributed by atoms with van der Waals surface area (Å²) in [6.07, 6.45) is 0. The van der Waals surface area contributed by atoms with Gasteiger partial charge in [-0.25, -0.2) is 4.79 Å². The molecule has 3 aromatic rings. The molecule has 0 aromatic heterocycles. The molecule has 0 saturated heterocycles. The van der Waals surface area contributed by atoms with E-state index in [1.54, 1.807) is 43.5 Å². The highest BCUT2D eigenvalue weighted by molar-refractivity contribution is 9.10. The molecule has 5 nitrogen and oxygen atoms in total. The van der Waals surface area contributed by atoms with Crippen molar-refractivity contribution >= 4 is 27.6 Å². The predicted octanol–water partition coefficient (Wildman–Crippen LogP) is 4.67. The van der Waals surface area contributed by atoms with Gasteiger partial charge in [0.15, 0.2) is 0 Å². The molecule has 0 aliphatic carbocycles. The Morgan fingerprint density at radius 3 is 2.14 bits per heavy atom. The van der Waals surface area contributed by atoms with Crippen molar-refractivity contribution in [3.05, 3.63) is 94.5 Å². The van der Waals surface area contributed by atoms with E-state index in [4.69, 9.17) is 9.47 Å². The lowest BCUT2D eigenvalue weighted by atomic mass is 9.82. The van der Waals surface area contributed by atoms with Crippen molar-refractivity contribution in [3.8, 4) is 5.75 Å². The smallest absolute Gasteiger partial charge is 0.345 e. The Kier molecular flexibility index (Phi) is 6.56. The second kappa shape index (κ2) is 9.11. The number of hydrogen-bond donors (Lipinski definition) is 2. The number of carbonyl (C=O) groups excluding carboxylic acids is 1. The van der Waals surface area contributed by atoms with Gasteiger partial charge in [0.2, 0.25) is 5.60 Å². The van der Waals surface area contributed by atoms with E-state index in [1.807, 2.05) is 42.5 Å². The number of aliphatic hydroxyl groups is 1. The average molecular weight is 456 g/mol. The van der Waals surface area contributed by atoms with Gasteiger partial charge < -0.3 is 19.9 Å². The lowest BCUT2D eigenvalue weighted by molar-refractivity contribution is -0.165. The fourth-order valence-corrected chi connectivity index (χ4v) is 3.45. The summed E-state index contributed by atoms with van der Waals surface area (Å²) >= 11 is 3.43. The van der Waals surface area contributed by atoms with Crippen LogP contribution >= 0.6 is 15.9 Å². The maximum Gasteiger partial charge on any atom is 0.345 e. The number of carbonyl (C=O) groups is 1. The maximum absolute atomic E-state index is 12.9. The summed E-state index contributed by atoms with van der Waals surface area (Å²) in [5.74, 6) is -0.0420. The Hall–Kier alpha value is -2.83. The van der Waals surface area contributed by atoms with Crippen molar-refractivity contribution in [1.29, 1.82) is 0 Å². The number of ether oxygens (including phenoxy) is 2. The SMILES string of the molecule is COC(=O)C(O)(c1ccccc1)C(Nc1ccc(OC)cc1)c1ccc(Br)cc1. The van der Waals surface area contributed by atoms with Crippen LogP contribution in [-0.2, 0) is 15.1 Å². The van der Waals surface area contributed by atoms with Crippen LogP contribution in [0.4, 0.5) is 5.69 Å². The third-order valence-electron chi connectivity index (χ3n) is 4.73. The van der Waals surface area contributed by atoms with Gasteiger partial charge in [-0.1, -0.05) is 58.4 Å². The third-order valence-corrected chi connectivity index (χ3v) is 5.26. The average Bonchev–Trinajstić information content (AvgIpc) is 2.78. The van der Waals surface area contributed by atoms with Gasteiger partial charge in [0.05, 0.1) is 20.3 Å². The summed E-state index contributed by atoms with van der Waals surface area (Å²) < 4.78 is 11.1. The fourth-order valence-electron chi connectivity index (χ4n) is 3.19. The fraction of sp³-hybridized carbons (Fsp3) is 0.174. The number of hydrogen-bond acceptors (Lipinski definition) is 5. The van der Waals surface area contributed by atoms with E-state index in [1.165, 1.54) is 7.11 Å². The van der Waals surface area contributed by atoms with Gasteiger partial charge in [0.25, 0.3) is 0 Å². The summed E-state index contributed by atoms with van der Waals surface area (Å²) in [7, 11) is 2.86. The monoisotopic (exact) mass is 455 g/mol. The highest BCUT2D eigenvalue weighted by Crippen LogP contribution is 2.39. The van der Waals surface area contributed by atoms with Crippen LogP contribution in [0.1, 0.15) is 17.2 Å². The highest BCUT2D eigenvalue weighted by atomic mass is 79.9. The Morgan fingerprint density at radius 2 is 1.59 bits per heavy atom. The van der Waals surface area contributed by atoms with Crippen molar-refractivity contribution < 1.29 is 19.4 Å². The molecule has 0 amide bonds. The van der Waals surface area contributed by atoms with Crippen molar-refractivity contribution in [1.82, 2.24) is 0 Å². The van der Waals surface area contributed by atoms with Gasteiger partial charge in [-0.15, -0.1) is 0 Å². The molecule has 3 aromatic carbocycles. The molecule has 0 fully saturated rings. The Bertz CT molecular complexity index is 945. The van der Waals surface area contributed by atoms with Gasteiger partial charge in [-0.3, -0.25) is 0 Å². The van der Waals surface area contributed by atoms with E-state index in [9.17, 15) is 9.90 Å². The molecule has 0 heterocycles. The zero-order chi connectivity index (χ0) is 20.9. The van der Waals surface area contributed by atoms with E-state index in [2.05, 4.69) is 21.2 Å². The molecule has 2 unspecified atom stereocenters. The quantitative estimate of drug-likeness (QED) is 0.506. The zero-order valence-electron chi connectivity index (χ0n) is 16.1. The molecule has 6 heteroatoms. The molecular formula is C23H22BrNO4. The lowest BCUT2D eigenvalue weighted by Gasteiger charge is -2.35. The van der Waals surface area contributed by atoms with Crippen molar-refractivity contribution in [2.75, 3.05) is 19.5 Å². The van der Waals surface area contributed by atoms with Gasteiger partial charge in [0, 0.05) is 10.2 Å². The van der Waals surface area contributed by atoms with Crippen LogP contribution in [0, 0.1) is 0 Å². The van der Waals surface area contributed by atoms with E-state index >= 15 is 0 Å². The molecule has 29 heavy (non-hydrogen) atoms. The Balaban J connectivity index is 2.12. The van der Waals surface area contributed by atoms with Crippen molar-refractivity contribution in [2.24, 2.45) is 0 Å². The highest BCUT2D eigenvalue weighted by Gasteiger charge is 2.48. The van der Waals surface area contributed by atoms with E-state index < -0.39 is 17.6 Å². The Labute approximate surface area is 178 Å². The van der Waals surface area contributed by atoms with E-state index in [0.717, 1.165) is 15.7 Å². The number of esters is 1. The van der Waals surface area contributed by atoms with Crippen LogP contribution in [-0.4, -0.2) is 25.3 Å². The number of nitrogens with one attached hydrogen (secondary N) is 1. The van der Waals surface area contributed by atoms with Gasteiger partial charge in [-0.05, 0) is 47.5 Å². The summed E-state index contributed by atoms with van der Waals surface area (Å²) in [6.45, 7) is 0. The number of halogens is 1. The van der Waals surface area contributed by atoms with Gasteiger partial charge in [-0.2, -0.15) is 0 Å². The number of anilines is 1. The van der Waals surface area contributed by atoms with Crippen LogP contribution in [0.5, 0.6) is 5.75 Å². The predicted molar refractivity (Wildman–Crippen MR) is 116 cm³/mol. The first-order chi connectivity index (χ1) is 14.0. The molecule has 0 spiro atoms. The molecule has 3 rings (SSSR count). The first-order valence-corrected chi connectivity index (χ1v) is 9.80. The van der Waals surface area contributed by atoms with E-state index in [-0.39, 0.29) is 0 Å². The summed E-state index contributed by atoms with van der Waals surface area (Å²) in [5, 5.41) is 15.0. The van der Waals surface area contributed by atoms with Crippen LogP contribution in [0.25, 0.3) is 0 Å². The summed E-state index contributed by atoms with van der Waals surface area (Å²) in [5.41, 5.74) is -0.0810. The van der Waals surface area contributed by atoms with Crippen LogP contribution in [0.2, 0.25) is 0 Å². The second-order valence-electron chi connectivity index (χ2n) is 6.48. The van der Waals surface area contributed by atoms with Crippen molar-refractivity contribution in [2.45, 2.75) is 11.6 Å². The van der Waals surface area contributed by atoms with Crippen LogP contribution in [0.3, 0.4) is 0 Å². The van der Waals surface area contributed by atoms with Gasteiger partial charge in [0.1, 0.15) is 5.75 Å². The summed E-state index contributed by atoms with van der Waals surface area (Å²) in [4.78, 5) is 12.9. The number of benzene rings is 3. The standard InChI is InChI=1S/C23H22BrNO4/c1-28-20-14-12-19(13-15-20)25-21(16-8-10-18(24)11-9-16)23(27,22(26)29-2)17-6-4-3-5-7-17/h3-15,21,25,27H,1-2H3. The van der Waals surface area contributed by atoms with Gasteiger partial charge >= 0.3 is 5.97 Å². The molecule has 0 radical (unpaired) electrons. The summed E-state index contributed by atoms with van der Waals surface area (Å²) in [6, 6.07) is 22.7. The Morgan fingerprint density at radius 1 is 0.966 bits per heavy atom. The third kappa shape index (κ3) is 4.44. The minimum atomic E-state index is -1.95. The molecule has 2 N–H and O–H groups in total. The first-order valence-electron chi connectivity index (χ1n) is 9.01. The van der Waals surface area contributed by atoms with Crippen LogP contribution in [0.15, 0.2) is 83.3 Å².